The Morgan fingerprint density at radius 2 is 1.59 bits per heavy atom. The van der Waals surface area contributed by atoms with Gasteiger partial charge in [0.25, 0.3) is 5.97 Å². The van der Waals surface area contributed by atoms with Crippen molar-refractivity contribution in [3.05, 3.63) is 66.2 Å². The summed E-state index contributed by atoms with van der Waals surface area (Å²) < 4.78 is 4.42. The molecule has 0 aliphatic heterocycles. The van der Waals surface area contributed by atoms with Gasteiger partial charge in [-0.1, -0.05) is 0 Å². The van der Waals surface area contributed by atoms with Crippen LogP contribution in [0.5, 0.6) is 0 Å². The van der Waals surface area contributed by atoms with Gasteiger partial charge in [-0.05, 0) is 6.08 Å². The van der Waals surface area contributed by atoms with E-state index in [9.17, 15) is 4.79 Å². The molecule has 96 valence electrons. The van der Waals surface area contributed by atoms with Crippen LogP contribution in [0.25, 0.3) is 6.08 Å². The van der Waals surface area contributed by atoms with Crippen LogP contribution in [0.15, 0.2) is 60.7 Å². The normalized spacial score (nSPS) is 9.00. The van der Waals surface area contributed by atoms with Crippen LogP contribution in [-0.2, 0) is 26.6 Å². The van der Waals surface area contributed by atoms with Crippen molar-refractivity contribution in [2.45, 2.75) is 0 Å². The quantitative estimate of drug-likeness (QED) is 0.363. The molecular weight excluding hydrogens is 256 g/mol. The molecule has 0 aromatic heterocycles. The molecule has 0 fully saturated rings. The minimum Gasteiger partial charge on any atom is -0.748 e. The second-order valence-corrected chi connectivity index (χ2v) is 3.04. The molecule has 0 atom stereocenters. The summed E-state index contributed by atoms with van der Waals surface area (Å²) in [5.74, 6) is -0.328. The summed E-state index contributed by atoms with van der Waals surface area (Å²) in [6.45, 7) is 0. The molecule has 0 aliphatic carbocycles. The molecule has 2 aromatic carbocycles. The van der Waals surface area contributed by atoms with Gasteiger partial charge < -0.3 is 35.1 Å². The zero-order chi connectivity index (χ0) is 11.6. The van der Waals surface area contributed by atoms with Crippen LogP contribution in [0.3, 0.4) is 0 Å². The van der Waals surface area contributed by atoms with Gasteiger partial charge in [0.2, 0.25) is 0 Å². The molecule has 17 heavy (non-hydrogen) atoms. The second kappa shape index (κ2) is 9.64. The number of carbonyl (C=O) groups excluding carboxylic acids is 1. The summed E-state index contributed by atoms with van der Waals surface area (Å²) in [5.41, 5.74) is 1.01. The Labute approximate surface area is 112 Å². The maximum atomic E-state index is 10.6. The number of rotatable bonds is 2. The van der Waals surface area contributed by atoms with Crippen molar-refractivity contribution in [1.29, 1.82) is 0 Å². The number of hydrogen-bond donors (Lipinski definition) is 0. The van der Waals surface area contributed by atoms with Crippen molar-refractivity contribution < 1.29 is 26.6 Å². The summed E-state index contributed by atoms with van der Waals surface area (Å²) in [4.78, 5) is 10.6. The van der Waals surface area contributed by atoms with E-state index in [4.69, 9.17) is 0 Å². The smallest absolute Gasteiger partial charge is 0.288 e. The Kier molecular flexibility index (Phi) is 8.75. The minimum absolute atomic E-state index is 0. The monoisotopic (exact) mass is 270 g/mol. The van der Waals surface area contributed by atoms with Crippen LogP contribution in [-0.4, -0.2) is 13.1 Å². The molecule has 2 aromatic rings. The van der Waals surface area contributed by atoms with Gasteiger partial charge in [-0.3, -0.25) is 4.79 Å². The Balaban J connectivity index is 0.000000360. The third-order valence-corrected chi connectivity index (χ3v) is 1.86. The van der Waals surface area contributed by atoms with Gasteiger partial charge in [0.15, 0.2) is 0 Å². The molecule has 2 rings (SSSR count). The number of carbonyl (C=O) groups is 1. The van der Waals surface area contributed by atoms with Gasteiger partial charge >= 0.3 is 0 Å². The molecule has 0 radical (unpaired) electrons. The van der Waals surface area contributed by atoms with E-state index in [1.54, 1.807) is 6.08 Å². The van der Waals surface area contributed by atoms with E-state index in [1.807, 2.05) is 54.6 Å². The summed E-state index contributed by atoms with van der Waals surface area (Å²) >= 11 is 0. The van der Waals surface area contributed by atoms with Crippen LogP contribution in [0.1, 0.15) is 5.56 Å². The van der Waals surface area contributed by atoms with Crippen molar-refractivity contribution in [2.24, 2.45) is 0 Å². The van der Waals surface area contributed by atoms with Gasteiger partial charge in [-0.2, -0.15) is 12.1 Å². The van der Waals surface area contributed by atoms with E-state index in [0.717, 1.165) is 5.56 Å². The zero-order valence-corrected chi connectivity index (χ0v) is 10.6. The molecule has 0 bridgehead atoms. The van der Waals surface area contributed by atoms with E-state index in [-0.39, 0.29) is 23.0 Å². The zero-order valence-electron chi connectivity index (χ0n) is 9.52. The summed E-state index contributed by atoms with van der Waals surface area (Å²) in [7, 11) is 1.36. The minimum atomic E-state index is -0.328. The fourth-order valence-electron chi connectivity index (χ4n) is 1.05. The predicted molar refractivity (Wildman–Crippen MR) is 65.1 cm³/mol. The average Bonchev–Trinajstić information content (AvgIpc) is 3.00. The summed E-state index contributed by atoms with van der Waals surface area (Å²) in [6, 6.07) is 17.7. The van der Waals surface area contributed by atoms with Crippen LogP contribution in [0, 0.1) is 0 Å². The molecular formula is C14H14FeO2-6. The molecule has 0 saturated heterocycles. The van der Waals surface area contributed by atoms with Gasteiger partial charge in [-0.15, -0.1) is 23.8 Å². The fourth-order valence-corrected chi connectivity index (χ4v) is 1.05. The number of hydrogen-bond acceptors (Lipinski definition) is 2. The van der Waals surface area contributed by atoms with Crippen LogP contribution in [0.4, 0.5) is 0 Å². The predicted octanol–water partition coefficient (Wildman–Crippen LogP) is 2.99. The first-order chi connectivity index (χ1) is 7.83. The first-order valence-corrected chi connectivity index (χ1v) is 4.97. The van der Waals surface area contributed by atoms with Gasteiger partial charge in [0.05, 0.1) is 7.11 Å². The molecule has 2 nitrogen and oxygen atoms in total. The standard InChI is InChI=1S/C9H9O2.C5H5.Fe/c1-11-9(10)7-6-8-4-2-3-5-8;1-2-4-5-3-1;/h2-7H,1H3;1-5H;/q-1;-5;/b7-6-;;. The van der Waals surface area contributed by atoms with E-state index in [0.29, 0.717) is 0 Å². The van der Waals surface area contributed by atoms with Crippen molar-refractivity contribution in [1.82, 2.24) is 0 Å². The molecule has 0 aliphatic rings. The first kappa shape index (κ1) is 15.4. The maximum Gasteiger partial charge on any atom is 0.288 e. The average molecular weight is 270 g/mol. The molecule has 0 heterocycles. The Morgan fingerprint density at radius 1 is 1.12 bits per heavy atom. The molecule has 3 heteroatoms. The second-order valence-electron chi connectivity index (χ2n) is 3.04. The number of methoxy groups -OCH3 is 1. The third-order valence-electron chi connectivity index (χ3n) is 1.86. The maximum absolute atomic E-state index is 10.6. The van der Waals surface area contributed by atoms with Gasteiger partial charge in [-0.25, -0.2) is 0 Å². The van der Waals surface area contributed by atoms with Gasteiger partial charge in [0.1, 0.15) is 0 Å². The number of ether oxygens (including phenoxy) is 1. The molecule has 0 amide bonds. The first-order valence-electron chi connectivity index (χ1n) is 4.97. The summed E-state index contributed by atoms with van der Waals surface area (Å²) in [6.07, 6.45) is 3.11. The van der Waals surface area contributed by atoms with Crippen molar-refractivity contribution in [3.63, 3.8) is 0 Å². The van der Waals surface area contributed by atoms with E-state index >= 15 is 0 Å². The topological polar surface area (TPSA) is 26.3 Å². The Bertz CT molecular complexity index is 382. The Hall–Kier alpha value is -1.57. The van der Waals surface area contributed by atoms with Gasteiger partial charge in [0, 0.05) is 17.1 Å². The Morgan fingerprint density at radius 3 is 2.00 bits per heavy atom. The number of esters is 1. The van der Waals surface area contributed by atoms with Crippen molar-refractivity contribution in [2.75, 3.05) is 7.11 Å². The van der Waals surface area contributed by atoms with Crippen molar-refractivity contribution in [3.8, 4) is 0 Å². The van der Waals surface area contributed by atoms with E-state index < -0.39 is 0 Å². The largest absolute Gasteiger partial charge is 0.748 e. The molecule has 0 saturated carbocycles. The van der Waals surface area contributed by atoms with Crippen LogP contribution < -0.4 is 0 Å². The summed E-state index contributed by atoms with van der Waals surface area (Å²) in [5, 5.41) is 0. The molecule has 0 unspecified atom stereocenters. The fraction of sp³-hybridized carbons (Fsp3) is 0.0714. The van der Waals surface area contributed by atoms with Crippen LogP contribution >= 0.6 is 0 Å². The SMILES string of the molecule is COC(=O)/C=C\[c-]1cccc1.[Fe].[cH-]1[cH-][cH-][cH-][cH-]1. The van der Waals surface area contributed by atoms with E-state index in [1.165, 1.54) is 13.2 Å². The van der Waals surface area contributed by atoms with Crippen molar-refractivity contribution >= 4 is 12.0 Å². The molecule has 0 N–H and O–H groups in total. The third kappa shape index (κ3) is 7.34. The van der Waals surface area contributed by atoms with Crippen LogP contribution in [0.2, 0.25) is 0 Å². The van der Waals surface area contributed by atoms with E-state index in [2.05, 4.69) is 4.74 Å². The molecule has 0 spiro atoms.